The molecule has 2 N–H and O–H groups in total. The van der Waals surface area contributed by atoms with Gasteiger partial charge < -0.3 is 20.1 Å². The number of anilines is 2. The van der Waals surface area contributed by atoms with Crippen LogP contribution in [0.5, 0.6) is 11.5 Å². The van der Waals surface area contributed by atoms with Gasteiger partial charge in [-0.25, -0.2) is 0 Å². The molecule has 2 rings (SSSR count). The van der Waals surface area contributed by atoms with Gasteiger partial charge in [-0.1, -0.05) is 13.8 Å². The van der Waals surface area contributed by atoms with Gasteiger partial charge in [-0.15, -0.1) is 0 Å². The highest BCUT2D eigenvalue weighted by molar-refractivity contribution is 6.04. The van der Waals surface area contributed by atoms with Gasteiger partial charge >= 0.3 is 0 Å². The highest BCUT2D eigenvalue weighted by atomic mass is 16.5. The van der Waals surface area contributed by atoms with E-state index in [1.165, 1.54) is 0 Å². The third-order valence-corrected chi connectivity index (χ3v) is 3.74. The first kappa shape index (κ1) is 20.3. The minimum Gasteiger partial charge on any atom is -0.490 e. The Kier molecular flexibility index (Phi) is 7.23. The number of carbonyl (C=O) groups excluding carboxylic acids is 2. The van der Waals surface area contributed by atoms with E-state index in [1.807, 2.05) is 27.7 Å². The standard InChI is InChI=1S/C21H26N2O4/c1-5-26-18-12-7-15(13-19(18)27-6-2)21(25)23-17-10-8-16(9-11-17)22-20(24)14(3)4/h7-14H,5-6H2,1-4H3,(H,22,24)(H,23,25). The SMILES string of the molecule is CCOc1ccc(C(=O)Nc2ccc(NC(=O)C(C)C)cc2)cc1OCC. The summed E-state index contributed by atoms with van der Waals surface area (Å²) in [5.41, 5.74) is 1.79. The van der Waals surface area contributed by atoms with Crippen LogP contribution in [-0.4, -0.2) is 25.0 Å². The summed E-state index contributed by atoms with van der Waals surface area (Å²) in [5.74, 6) is 0.756. The van der Waals surface area contributed by atoms with Gasteiger partial charge in [-0.05, 0) is 56.3 Å². The molecule has 0 heterocycles. The van der Waals surface area contributed by atoms with Gasteiger partial charge in [0.05, 0.1) is 13.2 Å². The lowest BCUT2D eigenvalue weighted by molar-refractivity contribution is -0.118. The second-order valence-corrected chi connectivity index (χ2v) is 6.20. The summed E-state index contributed by atoms with van der Waals surface area (Å²) in [7, 11) is 0. The molecule has 0 aromatic heterocycles. The van der Waals surface area contributed by atoms with Gasteiger partial charge in [0.15, 0.2) is 11.5 Å². The number of carbonyl (C=O) groups is 2. The molecule has 0 saturated carbocycles. The van der Waals surface area contributed by atoms with Gasteiger partial charge in [0, 0.05) is 22.9 Å². The van der Waals surface area contributed by atoms with Gasteiger partial charge in [-0.3, -0.25) is 9.59 Å². The predicted octanol–water partition coefficient (Wildman–Crippen LogP) is 4.33. The Labute approximate surface area is 159 Å². The zero-order valence-electron chi connectivity index (χ0n) is 16.2. The second-order valence-electron chi connectivity index (χ2n) is 6.20. The monoisotopic (exact) mass is 370 g/mol. The second kappa shape index (κ2) is 9.62. The van der Waals surface area contributed by atoms with E-state index in [-0.39, 0.29) is 17.7 Å². The molecule has 0 aliphatic heterocycles. The van der Waals surface area contributed by atoms with Crippen molar-refractivity contribution in [3.63, 3.8) is 0 Å². The van der Waals surface area contributed by atoms with E-state index in [2.05, 4.69) is 10.6 Å². The maximum atomic E-state index is 12.5. The normalized spacial score (nSPS) is 10.4. The number of amides is 2. The van der Waals surface area contributed by atoms with Crippen molar-refractivity contribution in [2.24, 2.45) is 5.92 Å². The van der Waals surface area contributed by atoms with Crippen LogP contribution in [0.15, 0.2) is 42.5 Å². The summed E-state index contributed by atoms with van der Waals surface area (Å²) in [6, 6.07) is 12.1. The first-order chi connectivity index (χ1) is 12.9. The predicted molar refractivity (Wildman–Crippen MR) is 107 cm³/mol. The molecule has 0 radical (unpaired) electrons. The molecule has 2 aromatic rings. The van der Waals surface area contributed by atoms with Crippen LogP contribution >= 0.6 is 0 Å². The highest BCUT2D eigenvalue weighted by Gasteiger charge is 2.12. The van der Waals surface area contributed by atoms with E-state index in [0.29, 0.717) is 41.7 Å². The molecule has 0 bridgehead atoms. The molecular weight excluding hydrogens is 344 g/mol. The molecule has 0 spiro atoms. The molecule has 0 unspecified atom stereocenters. The molecule has 27 heavy (non-hydrogen) atoms. The van der Waals surface area contributed by atoms with Crippen molar-refractivity contribution in [1.29, 1.82) is 0 Å². The Morgan fingerprint density at radius 1 is 0.852 bits per heavy atom. The average Bonchev–Trinajstić information content (AvgIpc) is 2.65. The van der Waals surface area contributed by atoms with E-state index in [4.69, 9.17) is 9.47 Å². The number of nitrogens with one attached hydrogen (secondary N) is 2. The van der Waals surface area contributed by atoms with E-state index in [9.17, 15) is 9.59 Å². The van der Waals surface area contributed by atoms with Gasteiger partial charge in [0.25, 0.3) is 5.91 Å². The molecule has 0 aliphatic carbocycles. The summed E-state index contributed by atoms with van der Waals surface area (Å²) in [6.07, 6.45) is 0. The van der Waals surface area contributed by atoms with Crippen LogP contribution in [-0.2, 0) is 4.79 Å². The molecular formula is C21H26N2O4. The molecule has 6 nitrogen and oxygen atoms in total. The molecule has 2 amide bonds. The van der Waals surface area contributed by atoms with Crippen molar-refractivity contribution in [3.05, 3.63) is 48.0 Å². The molecule has 0 atom stereocenters. The van der Waals surface area contributed by atoms with Gasteiger partial charge in [0.2, 0.25) is 5.91 Å². The maximum Gasteiger partial charge on any atom is 0.255 e. The van der Waals surface area contributed by atoms with E-state index < -0.39 is 0 Å². The lowest BCUT2D eigenvalue weighted by atomic mass is 10.1. The van der Waals surface area contributed by atoms with Crippen LogP contribution in [0.1, 0.15) is 38.1 Å². The summed E-state index contributed by atoms with van der Waals surface area (Å²) in [6.45, 7) is 8.43. The minimum absolute atomic E-state index is 0.0513. The fourth-order valence-corrected chi connectivity index (χ4v) is 2.32. The zero-order valence-corrected chi connectivity index (χ0v) is 16.2. The average molecular weight is 370 g/mol. The van der Waals surface area contributed by atoms with E-state index in [1.54, 1.807) is 42.5 Å². The number of benzene rings is 2. The van der Waals surface area contributed by atoms with Crippen molar-refractivity contribution in [2.45, 2.75) is 27.7 Å². The Bertz CT molecular complexity index is 785. The topological polar surface area (TPSA) is 76.7 Å². The molecule has 6 heteroatoms. The van der Waals surface area contributed by atoms with Crippen LogP contribution in [0.3, 0.4) is 0 Å². The van der Waals surface area contributed by atoms with E-state index in [0.717, 1.165) is 0 Å². The van der Waals surface area contributed by atoms with Crippen molar-refractivity contribution in [1.82, 2.24) is 0 Å². The quantitative estimate of drug-likeness (QED) is 0.725. The Morgan fingerprint density at radius 3 is 1.96 bits per heavy atom. The summed E-state index contributed by atoms with van der Waals surface area (Å²) in [4.78, 5) is 24.2. The third kappa shape index (κ3) is 5.74. The summed E-state index contributed by atoms with van der Waals surface area (Å²) in [5, 5.41) is 5.65. The van der Waals surface area contributed by atoms with Crippen LogP contribution in [0.4, 0.5) is 11.4 Å². The fraction of sp³-hybridized carbons (Fsp3) is 0.333. The molecule has 0 fully saturated rings. The first-order valence-electron chi connectivity index (χ1n) is 9.06. The van der Waals surface area contributed by atoms with Crippen LogP contribution in [0, 0.1) is 5.92 Å². The van der Waals surface area contributed by atoms with Crippen LogP contribution < -0.4 is 20.1 Å². The number of hydrogen-bond donors (Lipinski definition) is 2. The number of ether oxygens (including phenoxy) is 2. The summed E-state index contributed by atoms with van der Waals surface area (Å²) < 4.78 is 11.1. The fourth-order valence-electron chi connectivity index (χ4n) is 2.32. The Morgan fingerprint density at radius 2 is 1.41 bits per heavy atom. The lowest BCUT2D eigenvalue weighted by Crippen LogP contribution is -2.17. The first-order valence-corrected chi connectivity index (χ1v) is 9.06. The Hall–Kier alpha value is -3.02. The molecule has 0 saturated heterocycles. The van der Waals surface area contributed by atoms with Crippen molar-refractivity contribution in [2.75, 3.05) is 23.8 Å². The summed E-state index contributed by atoms with van der Waals surface area (Å²) >= 11 is 0. The van der Waals surface area contributed by atoms with Crippen LogP contribution in [0.25, 0.3) is 0 Å². The number of hydrogen-bond acceptors (Lipinski definition) is 4. The van der Waals surface area contributed by atoms with Crippen molar-refractivity contribution >= 4 is 23.2 Å². The third-order valence-electron chi connectivity index (χ3n) is 3.74. The van der Waals surface area contributed by atoms with E-state index >= 15 is 0 Å². The van der Waals surface area contributed by atoms with Crippen LogP contribution in [0.2, 0.25) is 0 Å². The zero-order chi connectivity index (χ0) is 19.8. The maximum absolute atomic E-state index is 12.5. The lowest BCUT2D eigenvalue weighted by Gasteiger charge is -2.13. The smallest absolute Gasteiger partial charge is 0.255 e. The van der Waals surface area contributed by atoms with Crippen molar-refractivity contribution in [3.8, 4) is 11.5 Å². The van der Waals surface area contributed by atoms with Crippen molar-refractivity contribution < 1.29 is 19.1 Å². The van der Waals surface area contributed by atoms with Gasteiger partial charge in [0.1, 0.15) is 0 Å². The Balaban J connectivity index is 2.08. The molecule has 144 valence electrons. The largest absolute Gasteiger partial charge is 0.490 e. The number of rotatable bonds is 8. The highest BCUT2D eigenvalue weighted by Crippen LogP contribution is 2.29. The van der Waals surface area contributed by atoms with Gasteiger partial charge in [-0.2, -0.15) is 0 Å². The molecule has 2 aromatic carbocycles. The minimum atomic E-state index is -0.252. The molecule has 0 aliphatic rings.